The largest absolute Gasteiger partial charge is 0.313 e. The molecule has 0 bridgehead atoms. The molecule has 1 aromatic rings. The molecule has 0 spiro atoms. The van der Waals surface area contributed by atoms with Crippen molar-refractivity contribution in [2.24, 2.45) is 5.92 Å². The first-order valence-corrected chi connectivity index (χ1v) is 7.55. The van der Waals surface area contributed by atoms with E-state index in [2.05, 4.69) is 26.1 Å². The summed E-state index contributed by atoms with van der Waals surface area (Å²) in [5.41, 5.74) is 1.27. The third-order valence-electron chi connectivity index (χ3n) is 4.66. The second kappa shape index (κ2) is 6.04. The maximum absolute atomic E-state index is 13.1. The van der Waals surface area contributed by atoms with Crippen LogP contribution in [0.1, 0.15) is 52.0 Å². The maximum Gasteiger partial charge on any atom is 0.123 e. The van der Waals surface area contributed by atoms with Crippen LogP contribution in [0, 0.1) is 11.7 Å². The minimum Gasteiger partial charge on any atom is -0.313 e. The van der Waals surface area contributed by atoms with E-state index >= 15 is 0 Å². The van der Waals surface area contributed by atoms with Crippen molar-refractivity contribution in [3.63, 3.8) is 0 Å². The van der Waals surface area contributed by atoms with E-state index < -0.39 is 0 Å². The van der Waals surface area contributed by atoms with Crippen molar-refractivity contribution in [1.82, 2.24) is 5.32 Å². The summed E-state index contributed by atoms with van der Waals surface area (Å²) < 4.78 is 13.1. The van der Waals surface area contributed by atoms with Gasteiger partial charge in [-0.3, -0.25) is 0 Å². The molecule has 0 amide bonds. The van der Waals surface area contributed by atoms with Crippen LogP contribution in [-0.4, -0.2) is 12.6 Å². The molecule has 1 unspecified atom stereocenters. The third kappa shape index (κ3) is 3.17. The first kappa shape index (κ1) is 14.5. The zero-order chi connectivity index (χ0) is 13.9. The maximum atomic E-state index is 13.1. The normalized spacial score (nSPS) is 18.7. The lowest BCUT2D eigenvalue weighted by Crippen LogP contribution is -2.49. The van der Waals surface area contributed by atoms with Crippen LogP contribution in [0.2, 0.25) is 0 Å². The molecule has 0 radical (unpaired) electrons. The van der Waals surface area contributed by atoms with Crippen LogP contribution in [0.15, 0.2) is 24.3 Å². The Hall–Kier alpha value is -0.890. The summed E-state index contributed by atoms with van der Waals surface area (Å²) in [6.45, 7) is 7.73. The highest BCUT2D eigenvalue weighted by Crippen LogP contribution is 2.38. The molecule has 0 aliphatic heterocycles. The molecule has 1 atom stereocenters. The fourth-order valence-corrected chi connectivity index (χ4v) is 3.58. The molecule has 1 aliphatic rings. The second-order valence-corrected chi connectivity index (χ2v) is 6.31. The van der Waals surface area contributed by atoms with Gasteiger partial charge in [0.1, 0.15) is 5.82 Å². The topological polar surface area (TPSA) is 12.0 Å². The number of nitrogens with one attached hydrogen (secondary N) is 1. The minimum atomic E-state index is -0.152. The van der Waals surface area contributed by atoms with Crippen LogP contribution in [0.3, 0.4) is 0 Å². The molecule has 1 nitrogen and oxygen atoms in total. The van der Waals surface area contributed by atoms with Crippen LogP contribution in [0.4, 0.5) is 4.39 Å². The van der Waals surface area contributed by atoms with Gasteiger partial charge in [-0.25, -0.2) is 4.39 Å². The fourth-order valence-electron chi connectivity index (χ4n) is 3.58. The Morgan fingerprint density at radius 1 is 1.21 bits per heavy atom. The highest BCUT2D eigenvalue weighted by Gasteiger charge is 2.37. The average molecular weight is 263 g/mol. The van der Waals surface area contributed by atoms with Gasteiger partial charge in [0.15, 0.2) is 0 Å². The number of likely N-dealkylation sites (N-methyl/N-ethyl adjacent to an activating group) is 1. The Morgan fingerprint density at radius 3 is 2.32 bits per heavy atom. The van der Waals surface area contributed by atoms with Crippen molar-refractivity contribution in [2.75, 3.05) is 6.54 Å². The molecule has 0 aromatic heterocycles. The smallest absolute Gasteiger partial charge is 0.123 e. The average Bonchev–Trinajstić information content (AvgIpc) is 2.89. The van der Waals surface area contributed by atoms with E-state index in [9.17, 15) is 4.39 Å². The van der Waals surface area contributed by atoms with Crippen molar-refractivity contribution < 1.29 is 4.39 Å². The Kier molecular flexibility index (Phi) is 4.62. The van der Waals surface area contributed by atoms with Gasteiger partial charge in [0.05, 0.1) is 0 Å². The van der Waals surface area contributed by atoms with Crippen LogP contribution < -0.4 is 5.32 Å². The van der Waals surface area contributed by atoms with Crippen LogP contribution >= 0.6 is 0 Å². The lowest BCUT2D eigenvalue weighted by molar-refractivity contribution is 0.250. The van der Waals surface area contributed by atoms with Gasteiger partial charge in [0, 0.05) is 11.5 Å². The zero-order valence-electron chi connectivity index (χ0n) is 12.4. The molecule has 1 N–H and O–H groups in total. The predicted octanol–water partition coefficient (Wildman–Crippen LogP) is 4.27. The molecule has 1 aromatic carbocycles. The highest BCUT2D eigenvalue weighted by molar-refractivity contribution is 5.27. The van der Waals surface area contributed by atoms with Gasteiger partial charge in [0.2, 0.25) is 0 Å². The van der Waals surface area contributed by atoms with Crippen molar-refractivity contribution >= 4 is 0 Å². The Bertz CT molecular complexity index is 390. The Morgan fingerprint density at radius 2 is 1.79 bits per heavy atom. The Labute approximate surface area is 116 Å². The van der Waals surface area contributed by atoms with Crippen LogP contribution in [0.5, 0.6) is 0 Å². The molecule has 106 valence electrons. The summed E-state index contributed by atoms with van der Waals surface area (Å²) in [6.07, 6.45) is 5.35. The van der Waals surface area contributed by atoms with E-state index in [1.807, 2.05) is 12.1 Å². The monoisotopic (exact) mass is 263 g/mol. The summed E-state index contributed by atoms with van der Waals surface area (Å²) in [5.74, 6) is 0.598. The number of halogens is 1. The quantitative estimate of drug-likeness (QED) is 0.836. The van der Waals surface area contributed by atoms with Gasteiger partial charge in [-0.15, -0.1) is 0 Å². The van der Waals surface area contributed by atoms with Gasteiger partial charge in [-0.1, -0.05) is 45.7 Å². The van der Waals surface area contributed by atoms with Crippen molar-refractivity contribution in [3.05, 3.63) is 35.6 Å². The standard InChI is InChI=1S/C17H26FN/c1-4-19-16(13-7-5-6-8-13)17(2,3)14-9-11-15(18)12-10-14/h9-13,16,19H,4-8H2,1-3H3. The molecule has 2 heteroatoms. The van der Waals surface area contributed by atoms with Crippen LogP contribution in [0.25, 0.3) is 0 Å². The minimum absolute atomic E-state index is 0.0404. The lowest BCUT2D eigenvalue weighted by atomic mass is 9.72. The highest BCUT2D eigenvalue weighted by atomic mass is 19.1. The van der Waals surface area contributed by atoms with Gasteiger partial charge in [-0.2, -0.15) is 0 Å². The Balaban J connectivity index is 2.24. The second-order valence-electron chi connectivity index (χ2n) is 6.31. The first-order chi connectivity index (χ1) is 9.05. The molecule has 19 heavy (non-hydrogen) atoms. The summed E-state index contributed by atoms with van der Waals surface area (Å²) in [6, 6.07) is 7.51. The number of rotatable bonds is 5. The van der Waals surface area contributed by atoms with Crippen molar-refractivity contribution in [3.8, 4) is 0 Å². The van der Waals surface area contributed by atoms with E-state index in [4.69, 9.17) is 0 Å². The fraction of sp³-hybridized carbons (Fsp3) is 0.647. The van der Waals surface area contributed by atoms with Gasteiger partial charge in [-0.05, 0) is 43.0 Å². The molecule has 1 aliphatic carbocycles. The van der Waals surface area contributed by atoms with E-state index in [1.165, 1.54) is 31.2 Å². The predicted molar refractivity (Wildman–Crippen MR) is 78.8 cm³/mol. The van der Waals surface area contributed by atoms with E-state index in [0.717, 1.165) is 12.5 Å². The zero-order valence-corrected chi connectivity index (χ0v) is 12.4. The molecule has 2 rings (SSSR count). The third-order valence-corrected chi connectivity index (χ3v) is 4.66. The molecule has 1 saturated carbocycles. The van der Waals surface area contributed by atoms with Crippen molar-refractivity contribution in [2.45, 2.75) is 57.9 Å². The van der Waals surface area contributed by atoms with Gasteiger partial charge >= 0.3 is 0 Å². The molecule has 1 fully saturated rings. The number of hydrogen-bond donors (Lipinski definition) is 1. The number of benzene rings is 1. The lowest BCUT2D eigenvalue weighted by Gasteiger charge is -2.39. The van der Waals surface area contributed by atoms with Gasteiger partial charge < -0.3 is 5.32 Å². The molecular weight excluding hydrogens is 237 g/mol. The SMILES string of the molecule is CCNC(C1CCCC1)C(C)(C)c1ccc(F)cc1. The number of hydrogen-bond acceptors (Lipinski definition) is 1. The summed E-state index contributed by atoms with van der Waals surface area (Å²) >= 11 is 0. The van der Waals surface area contributed by atoms with E-state index in [-0.39, 0.29) is 11.2 Å². The van der Waals surface area contributed by atoms with Gasteiger partial charge in [0.25, 0.3) is 0 Å². The first-order valence-electron chi connectivity index (χ1n) is 7.55. The summed E-state index contributed by atoms with van der Waals surface area (Å²) in [7, 11) is 0. The van der Waals surface area contributed by atoms with E-state index in [1.54, 1.807) is 12.1 Å². The summed E-state index contributed by atoms with van der Waals surface area (Å²) in [4.78, 5) is 0. The molecule has 0 heterocycles. The van der Waals surface area contributed by atoms with E-state index in [0.29, 0.717) is 6.04 Å². The van der Waals surface area contributed by atoms with Crippen molar-refractivity contribution in [1.29, 1.82) is 0 Å². The molecular formula is C17H26FN. The summed E-state index contributed by atoms with van der Waals surface area (Å²) in [5, 5.41) is 3.68. The molecule has 0 saturated heterocycles. The van der Waals surface area contributed by atoms with Crippen LogP contribution in [-0.2, 0) is 5.41 Å².